The zero-order valence-corrected chi connectivity index (χ0v) is 12.6. The Kier molecular flexibility index (Phi) is 6.51. The molecular formula is C14H19ClF2N2O2. The van der Waals surface area contributed by atoms with E-state index in [0.29, 0.717) is 19.4 Å². The molecule has 0 saturated carbocycles. The number of hydrogen-bond donors (Lipinski definition) is 2. The number of halogens is 3. The van der Waals surface area contributed by atoms with Gasteiger partial charge < -0.3 is 15.4 Å². The van der Waals surface area contributed by atoms with Crippen LogP contribution in [0.15, 0.2) is 18.2 Å². The van der Waals surface area contributed by atoms with Crippen molar-refractivity contribution in [1.29, 1.82) is 0 Å². The van der Waals surface area contributed by atoms with Crippen LogP contribution in [0.5, 0.6) is 0 Å². The largest absolute Gasteiger partial charge is 0.384 e. The van der Waals surface area contributed by atoms with Gasteiger partial charge in [0.05, 0.1) is 12.0 Å². The third kappa shape index (κ3) is 4.12. The maximum Gasteiger partial charge on any atom is 0.233 e. The summed E-state index contributed by atoms with van der Waals surface area (Å²) in [5.74, 6) is -2.13. The number of hydrogen-bond acceptors (Lipinski definition) is 3. The molecule has 1 aliphatic rings. The SMILES string of the molecule is COCC1(C(=O)Nc2ccc(F)c(F)c2)CCNCC1.Cl. The Hall–Kier alpha value is -1.24. The maximum atomic E-state index is 13.2. The lowest BCUT2D eigenvalue weighted by Gasteiger charge is -2.35. The number of ether oxygens (including phenoxy) is 1. The van der Waals surface area contributed by atoms with Crippen molar-refractivity contribution in [2.45, 2.75) is 12.8 Å². The normalized spacial score (nSPS) is 16.9. The van der Waals surface area contributed by atoms with Gasteiger partial charge in [0, 0.05) is 18.9 Å². The summed E-state index contributed by atoms with van der Waals surface area (Å²) >= 11 is 0. The van der Waals surface area contributed by atoms with Gasteiger partial charge in [0.2, 0.25) is 5.91 Å². The van der Waals surface area contributed by atoms with Crippen molar-refractivity contribution in [3.8, 4) is 0 Å². The van der Waals surface area contributed by atoms with Crippen LogP contribution < -0.4 is 10.6 Å². The topological polar surface area (TPSA) is 50.4 Å². The Morgan fingerprint density at radius 1 is 1.33 bits per heavy atom. The van der Waals surface area contributed by atoms with Crippen LogP contribution in [0, 0.1) is 17.0 Å². The molecule has 1 aromatic rings. The van der Waals surface area contributed by atoms with Crippen molar-refractivity contribution in [2.24, 2.45) is 5.41 Å². The molecule has 21 heavy (non-hydrogen) atoms. The van der Waals surface area contributed by atoms with Crippen molar-refractivity contribution >= 4 is 24.0 Å². The second kappa shape index (κ2) is 7.68. The predicted molar refractivity (Wildman–Crippen MR) is 78.6 cm³/mol. The molecule has 1 fully saturated rings. The summed E-state index contributed by atoms with van der Waals surface area (Å²) in [5.41, 5.74) is -0.367. The van der Waals surface area contributed by atoms with Crippen LogP contribution >= 0.6 is 12.4 Å². The van der Waals surface area contributed by atoms with Gasteiger partial charge in [0.25, 0.3) is 0 Å². The van der Waals surface area contributed by atoms with Gasteiger partial charge in [-0.15, -0.1) is 12.4 Å². The molecule has 1 saturated heterocycles. The number of rotatable bonds is 4. The number of anilines is 1. The van der Waals surface area contributed by atoms with Crippen LogP contribution in [0.2, 0.25) is 0 Å². The van der Waals surface area contributed by atoms with E-state index in [-0.39, 0.29) is 24.0 Å². The molecular weight excluding hydrogens is 302 g/mol. The lowest BCUT2D eigenvalue weighted by molar-refractivity contribution is -0.130. The fourth-order valence-corrected chi connectivity index (χ4v) is 2.46. The van der Waals surface area contributed by atoms with Gasteiger partial charge in [0.1, 0.15) is 0 Å². The summed E-state index contributed by atoms with van der Waals surface area (Å²) in [5, 5.41) is 5.84. The quantitative estimate of drug-likeness (QED) is 0.895. The molecule has 1 aromatic carbocycles. The van der Waals surface area contributed by atoms with Crippen molar-refractivity contribution in [3.63, 3.8) is 0 Å². The van der Waals surface area contributed by atoms with Crippen molar-refractivity contribution in [2.75, 3.05) is 32.1 Å². The molecule has 0 radical (unpaired) electrons. The van der Waals surface area contributed by atoms with E-state index in [1.807, 2.05) is 0 Å². The molecule has 0 bridgehead atoms. The summed E-state index contributed by atoms with van der Waals surface area (Å²) in [6, 6.07) is 3.32. The zero-order chi connectivity index (χ0) is 14.6. The highest BCUT2D eigenvalue weighted by atomic mass is 35.5. The highest BCUT2D eigenvalue weighted by molar-refractivity contribution is 5.95. The Bertz CT molecular complexity index is 488. The molecule has 118 valence electrons. The first-order valence-corrected chi connectivity index (χ1v) is 6.53. The van der Waals surface area contributed by atoms with E-state index in [2.05, 4.69) is 10.6 Å². The van der Waals surface area contributed by atoms with E-state index in [4.69, 9.17) is 4.74 Å². The summed E-state index contributed by atoms with van der Waals surface area (Å²) in [6.45, 7) is 1.77. The standard InChI is InChI=1S/C14H18F2N2O2.ClH/c1-20-9-14(4-6-17-7-5-14)13(19)18-10-2-3-11(15)12(16)8-10;/h2-3,8,17H,4-7,9H2,1H3,(H,18,19);1H. The van der Waals surface area contributed by atoms with E-state index in [1.165, 1.54) is 6.07 Å². The summed E-state index contributed by atoms with van der Waals surface area (Å²) in [4.78, 5) is 12.4. The van der Waals surface area contributed by atoms with Gasteiger partial charge in [-0.05, 0) is 38.1 Å². The predicted octanol–water partition coefficient (Wildman–Crippen LogP) is 2.34. The van der Waals surface area contributed by atoms with Gasteiger partial charge in [-0.2, -0.15) is 0 Å². The number of nitrogens with one attached hydrogen (secondary N) is 2. The monoisotopic (exact) mass is 320 g/mol. The van der Waals surface area contributed by atoms with Crippen LogP contribution in [0.25, 0.3) is 0 Å². The van der Waals surface area contributed by atoms with Gasteiger partial charge in [0.15, 0.2) is 11.6 Å². The minimum atomic E-state index is -0.978. The van der Waals surface area contributed by atoms with Crippen LogP contribution in [0.3, 0.4) is 0 Å². The molecule has 1 heterocycles. The zero-order valence-electron chi connectivity index (χ0n) is 11.7. The highest BCUT2D eigenvalue weighted by Gasteiger charge is 2.39. The van der Waals surface area contributed by atoms with E-state index in [1.54, 1.807) is 7.11 Å². The van der Waals surface area contributed by atoms with Crippen LogP contribution in [-0.4, -0.2) is 32.7 Å². The molecule has 7 heteroatoms. The number of benzene rings is 1. The van der Waals surface area contributed by atoms with Gasteiger partial charge in [-0.25, -0.2) is 8.78 Å². The van der Waals surface area contributed by atoms with Gasteiger partial charge >= 0.3 is 0 Å². The molecule has 1 amide bonds. The summed E-state index contributed by atoms with van der Waals surface area (Å²) in [7, 11) is 1.55. The lowest BCUT2D eigenvalue weighted by atomic mass is 9.78. The second-order valence-electron chi connectivity index (χ2n) is 5.05. The Morgan fingerprint density at radius 2 is 2.00 bits per heavy atom. The molecule has 0 unspecified atom stereocenters. The first-order valence-electron chi connectivity index (χ1n) is 6.53. The molecule has 0 spiro atoms. The van der Waals surface area contributed by atoms with Crippen molar-refractivity contribution in [3.05, 3.63) is 29.8 Å². The molecule has 4 nitrogen and oxygen atoms in total. The fourth-order valence-electron chi connectivity index (χ4n) is 2.46. The maximum absolute atomic E-state index is 13.2. The molecule has 1 aliphatic heterocycles. The number of methoxy groups -OCH3 is 1. The number of carbonyl (C=O) groups excluding carboxylic acids is 1. The number of piperidine rings is 1. The summed E-state index contributed by atoms with van der Waals surface area (Å²) < 4.78 is 31.2. The molecule has 2 N–H and O–H groups in total. The lowest BCUT2D eigenvalue weighted by Crippen LogP contribution is -2.47. The Balaban J connectivity index is 0.00000220. The van der Waals surface area contributed by atoms with Crippen molar-refractivity contribution < 1.29 is 18.3 Å². The van der Waals surface area contributed by atoms with E-state index >= 15 is 0 Å². The number of carbonyl (C=O) groups is 1. The molecule has 0 aliphatic carbocycles. The smallest absolute Gasteiger partial charge is 0.233 e. The van der Waals surface area contributed by atoms with Crippen molar-refractivity contribution in [1.82, 2.24) is 5.32 Å². The third-order valence-corrected chi connectivity index (χ3v) is 3.64. The fraction of sp³-hybridized carbons (Fsp3) is 0.500. The molecule has 2 rings (SSSR count). The van der Waals surface area contributed by atoms with Gasteiger partial charge in [-0.1, -0.05) is 0 Å². The third-order valence-electron chi connectivity index (χ3n) is 3.64. The van der Waals surface area contributed by atoms with Crippen LogP contribution in [0.1, 0.15) is 12.8 Å². The average molecular weight is 321 g/mol. The Labute approximate surface area is 128 Å². The second-order valence-corrected chi connectivity index (χ2v) is 5.05. The highest BCUT2D eigenvalue weighted by Crippen LogP contribution is 2.31. The Morgan fingerprint density at radius 3 is 2.57 bits per heavy atom. The first kappa shape index (κ1) is 17.8. The van der Waals surface area contributed by atoms with E-state index < -0.39 is 17.0 Å². The van der Waals surface area contributed by atoms with Gasteiger partial charge in [-0.3, -0.25) is 4.79 Å². The molecule has 0 aromatic heterocycles. The van der Waals surface area contributed by atoms with E-state index in [0.717, 1.165) is 25.2 Å². The number of amides is 1. The first-order chi connectivity index (χ1) is 9.57. The molecule has 0 atom stereocenters. The summed E-state index contributed by atoms with van der Waals surface area (Å²) in [6.07, 6.45) is 1.30. The van der Waals surface area contributed by atoms with Crippen LogP contribution in [-0.2, 0) is 9.53 Å². The minimum absolute atomic E-state index is 0. The van der Waals surface area contributed by atoms with E-state index in [9.17, 15) is 13.6 Å². The minimum Gasteiger partial charge on any atom is -0.384 e. The average Bonchev–Trinajstić information content (AvgIpc) is 2.44. The van der Waals surface area contributed by atoms with Crippen LogP contribution in [0.4, 0.5) is 14.5 Å².